The standard InChI is InChI=1S/C15H22N2O2/c1-2-3-7-19-14-6-4-5-12(8-14)9-17-15(18)13-10-16-11-13/h4-6,8,13,16H,2-3,7,9-11H2,1H3,(H,17,18). The molecule has 4 heteroatoms. The number of unbranched alkanes of at least 4 members (excludes halogenated alkanes) is 1. The van der Waals surface area contributed by atoms with Gasteiger partial charge in [0.15, 0.2) is 0 Å². The Morgan fingerprint density at radius 2 is 2.32 bits per heavy atom. The second kappa shape index (κ2) is 7.14. The molecule has 1 aromatic carbocycles. The van der Waals surface area contributed by atoms with Gasteiger partial charge in [-0.3, -0.25) is 4.79 Å². The predicted molar refractivity (Wildman–Crippen MR) is 75.1 cm³/mol. The van der Waals surface area contributed by atoms with Crippen molar-refractivity contribution in [3.05, 3.63) is 29.8 Å². The van der Waals surface area contributed by atoms with E-state index >= 15 is 0 Å². The molecule has 1 amide bonds. The summed E-state index contributed by atoms with van der Waals surface area (Å²) in [5.74, 6) is 1.16. The summed E-state index contributed by atoms with van der Waals surface area (Å²) in [7, 11) is 0. The minimum atomic E-state index is 0.135. The average Bonchev–Trinajstić information content (AvgIpc) is 2.35. The van der Waals surface area contributed by atoms with Gasteiger partial charge in [0, 0.05) is 19.6 Å². The molecule has 4 nitrogen and oxygen atoms in total. The lowest BCUT2D eigenvalue weighted by Gasteiger charge is -2.25. The fourth-order valence-corrected chi connectivity index (χ4v) is 1.89. The zero-order chi connectivity index (χ0) is 13.5. The summed E-state index contributed by atoms with van der Waals surface area (Å²) in [5.41, 5.74) is 1.08. The van der Waals surface area contributed by atoms with Crippen LogP contribution in [0, 0.1) is 5.92 Å². The average molecular weight is 262 g/mol. The second-order valence-corrected chi connectivity index (χ2v) is 4.92. The molecule has 0 aromatic heterocycles. The quantitative estimate of drug-likeness (QED) is 0.735. The van der Waals surface area contributed by atoms with Gasteiger partial charge in [-0.25, -0.2) is 0 Å². The smallest absolute Gasteiger partial charge is 0.225 e. The summed E-state index contributed by atoms with van der Waals surface area (Å²) in [6.07, 6.45) is 2.20. The van der Waals surface area contributed by atoms with Gasteiger partial charge >= 0.3 is 0 Å². The summed E-state index contributed by atoms with van der Waals surface area (Å²) in [4.78, 5) is 11.7. The molecule has 1 saturated heterocycles. The van der Waals surface area contributed by atoms with Gasteiger partial charge in [-0.2, -0.15) is 0 Å². The highest BCUT2D eigenvalue weighted by Crippen LogP contribution is 2.14. The Bertz CT molecular complexity index is 416. The van der Waals surface area contributed by atoms with Crippen LogP contribution in [0.4, 0.5) is 0 Å². The van der Waals surface area contributed by atoms with E-state index in [1.807, 2.05) is 24.3 Å². The molecule has 1 aliphatic rings. The van der Waals surface area contributed by atoms with Gasteiger partial charge in [-0.05, 0) is 24.1 Å². The van der Waals surface area contributed by atoms with Crippen molar-refractivity contribution in [3.63, 3.8) is 0 Å². The van der Waals surface area contributed by atoms with E-state index < -0.39 is 0 Å². The Morgan fingerprint density at radius 3 is 3.00 bits per heavy atom. The van der Waals surface area contributed by atoms with Crippen molar-refractivity contribution >= 4 is 5.91 Å². The molecule has 2 N–H and O–H groups in total. The van der Waals surface area contributed by atoms with Gasteiger partial charge in [0.25, 0.3) is 0 Å². The van der Waals surface area contributed by atoms with Gasteiger partial charge in [-0.1, -0.05) is 25.5 Å². The topological polar surface area (TPSA) is 50.4 Å². The van der Waals surface area contributed by atoms with Crippen LogP contribution in [0.15, 0.2) is 24.3 Å². The third kappa shape index (κ3) is 4.24. The Labute approximate surface area is 114 Å². The summed E-state index contributed by atoms with van der Waals surface area (Å²) in [6, 6.07) is 7.92. The van der Waals surface area contributed by atoms with Crippen LogP contribution in [0.3, 0.4) is 0 Å². The number of benzene rings is 1. The third-order valence-electron chi connectivity index (χ3n) is 3.28. The van der Waals surface area contributed by atoms with Crippen molar-refractivity contribution in [2.24, 2.45) is 5.92 Å². The molecule has 104 valence electrons. The normalized spacial score (nSPS) is 14.8. The highest BCUT2D eigenvalue weighted by molar-refractivity contribution is 5.79. The fraction of sp³-hybridized carbons (Fsp3) is 0.533. The van der Waals surface area contributed by atoms with Crippen LogP contribution in [-0.4, -0.2) is 25.6 Å². The van der Waals surface area contributed by atoms with Crippen LogP contribution in [0.5, 0.6) is 5.75 Å². The van der Waals surface area contributed by atoms with E-state index in [9.17, 15) is 4.79 Å². The molecule has 0 saturated carbocycles. The van der Waals surface area contributed by atoms with E-state index in [2.05, 4.69) is 17.6 Å². The summed E-state index contributed by atoms with van der Waals surface area (Å²) < 4.78 is 5.65. The van der Waals surface area contributed by atoms with Gasteiger partial charge in [0.05, 0.1) is 12.5 Å². The Morgan fingerprint density at radius 1 is 1.47 bits per heavy atom. The number of rotatable bonds is 7. The predicted octanol–water partition coefficient (Wildman–Crippen LogP) is 1.70. The molecule has 1 aromatic rings. The number of nitrogens with one attached hydrogen (secondary N) is 2. The molecular formula is C15H22N2O2. The zero-order valence-corrected chi connectivity index (χ0v) is 11.4. The van der Waals surface area contributed by atoms with Gasteiger partial charge in [0.1, 0.15) is 5.75 Å². The fourth-order valence-electron chi connectivity index (χ4n) is 1.89. The van der Waals surface area contributed by atoms with Crippen molar-refractivity contribution in [3.8, 4) is 5.75 Å². The molecule has 0 unspecified atom stereocenters. The molecule has 19 heavy (non-hydrogen) atoms. The number of carbonyl (C=O) groups is 1. The Hall–Kier alpha value is -1.55. The van der Waals surface area contributed by atoms with Crippen LogP contribution in [0.2, 0.25) is 0 Å². The molecule has 0 aliphatic carbocycles. The lowest BCUT2D eigenvalue weighted by atomic mass is 10.0. The van der Waals surface area contributed by atoms with Crippen molar-refractivity contribution in [2.75, 3.05) is 19.7 Å². The van der Waals surface area contributed by atoms with Gasteiger partial charge in [-0.15, -0.1) is 0 Å². The number of hydrogen-bond donors (Lipinski definition) is 2. The second-order valence-electron chi connectivity index (χ2n) is 4.92. The van der Waals surface area contributed by atoms with Crippen LogP contribution in [0.1, 0.15) is 25.3 Å². The van der Waals surface area contributed by atoms with E-state index in [-0.39, 0.29) is 11.8 Å². The van der Waals surface area contributed by atoms with Crippen molar-refractivity contribution in [1.82, 2.24) is 10.6 Å². The molecule has 0 radical (unpaired) electrons. The molecule has 0 bridgehead atoms. The van der Waals surface area contributed by atoms with Crippen LogP contribution < -0.4 is 15.4 Å². The summed E-state index contributed by atoms with van der Waals surface area (Å²) in [5, 5.41) is 6.06. The van der Waals surface area contributed by atoms with Crippen LogP contribution >= 0.6 is 0 Å². The SMILES string of the molecule is CCCCOc1cccc(CNC(=O)C2CNC2)c1. The highest BCUT2D eigenvalue weighted by atomic mass is 16.5. The molecule has 1 heterocycles. The minimum absolute atomic E-state index is 0.135. The maximum Gasteiger partial charge on any atom is 0.225 e. The monoisotopic (exact) mass is 262 g/mol. The van der Waals surface area contributed by atoms with Gasteiger partial charge in [0.2, 0.25) is 5.91 Å². The summed E-state index contributed by atoms with van der Waals surface area (Å²) in [6.45, 7) is 5.06. The number of ether oxygens (including phenoxy) is 1. The first kappa shape index (κ1) is 13.9. The third-order valence-corrected chi connectivity index (χ3v) is 3.28. The first-order chi connectivity index (χ1) is 9.29. The molecule has 1 fully saturated rings. The van der Waals surface area contributed by atoms with Gasteiger partial charge < -0.3 is 15.4 Å². The maximum absolute atomic E-state index is 11.7. The first-order valence-electron chi connectivity index (χ1n) is 6.99. The Balaban J connectivity index is 1.79. The molecule has 1 aliphatic heterocycles. The van der Waals surface area contributed by atoms with E-state index in [0.717, 1.165) is 43.9 Å². The zero-order valence-electron chi connectivity index (χ0n) is 11.4. The van der Waals surface area contributed by atoms with E-state index in [4.69, 9.17) is 4.74 Å². The molecule has 0 spiro atoms. The van der Waals surface area contributed by atoms with E-state index in [1.54, 1.807) is 0 Å². The molecule has 0 atom stereocenters. The molecular weight excluding hydrogens is 240 g/mol. The maximum atomic E-state index is 11.7. The van der Waals surface area contributed by atoms with Crippen molar-refractivity contribution in [1.29, 1.82) is 0 Å². The molecule has 2 rings (SSSR count). The number of hydrogen-bond acceptors (Lipinski definition) is 3. The summed E-state index contributed by atoms with van der Waals surface area (Å²) >= 11 is 0. The lowest BCUT2D eigenvalue weighted by molar-refractivity contribution is -0.126. The first-order valence-corrected chi connectivity index (χ1v) is 6.99. The van der Waals surface area contributed by atoms with E-state index in [0.29, 0.717) is 6.54 Å². The van der Waals surface area contributed by atoms with Crippen molar-refractivity contribution in [2.45, 2.75) is 26.3 Å². The van der Waals surface area contributed by atoms with E-state index in [1.165, 1.54) is 0 Å². The highest BCUT2D eigenvalue weighted by Gasteiger charge is 2.24. The lowest BCUT2D eigenvalue weighted by Crippen LogP contribution is -2.50. The number of amides is 1. The number of carbonyl (C=O) groups excluding carboxylic acids is 1. The van der Waals surface area contributed by atoms with Crippen LogP contribution in [-0.2, 0) is 11.3 Å². The largest absolute Gasteiger partial charge is 0.494 e. The van der Waals surface area contributed by atoms with Crippen LogP contribution in [0.25, 0.3) is 0 Å². The Kier molecular flexibility index (Phi) is 5.21. The minimum Gasteiger partial charge on any atom is -0.494 e. The van der Waals surface area contributed by atoms with Crippen molar-refractivity contribution < 1.29 is 9.53 Å².